The maximum atomic E-state index is 18.2. The molecule has 2 aromatic heterocycles. The van der Waals surface area contributed by atoms with Crippen LogP contribution in [0.4, 0.5) is 23.8 Å². The van der Waals surface area contributed by atoms with E-state index in [2.05, 4.69) is 62.8 Å². The molecule has 360 valence electrons. The zero-order valence-corrected chi connectivity index (χ0v) is 41.6. The van der Waals surface area contributed by atoms with Crippen LogP contribution in [0.15, 0.2) is 24.3 Å². The summed E-state index contributed by atoms with van der Waals surface area (Å²) in [6.45, 7) is 20.5. The monoisotopic (exact) mass is 942 g/mol. The van der Waals surface area contributed by atoms with E-state index in [1.54, 1.807) is 18.2 Å². The third-order valence-electron chi connectivity index (χ3n) is 15.2. The molecule has 1 amide bonds. The topological polar surface area (TPSA) is 112 Å². The molecule has 2 aromatic carbocycles. The summed E-state index contributed by atoms with van der Waals surface area (Å²) in [5.41, 5.74) is 3.50. The van der Waals surface area contributed by atoms with Crippen LogP contribution in [0.5, 0.6) is 17.6 Å². The molecule has 4 aromatic rings. The Balaban J connectivity index is 1.25. The molecule has 4 saturated heterocycles. The van der Waals surface area contributed by atoms with Gasteiger partial charge in [-0.1, -0.05) is 53.5 Å². The highest BCUT2D eigenvalue weighted by molar-refractivity contribution is 6.90. The number of rotatable bonds is 10. The van der Waals surface area contributed by atoms with E-state index in [-0.39, 0.29) is 100 Å². The van der Waals surface area contributed by atoms with Crippen molar-refractivity contribution in [1.82, 2.24) is 24.8 Å². The van der Waals surface area contributed by atoms with Crippen LogP contribution in [0.2, 0.25) is 16.6 Å². The van der Waals surface area contributed by atoms with Gasteiger partial charge in [-0.3, -0.25) is 9.80 Å². The van der Waals surface area contributed by atoms with Gasteiger partial charge in [-0.15, -0.1) is 5.54 Å². The van der Waals surface area contributed by atoms with Gasteiger partial charge in [0.1, 0.15) is 60.4 Å². The van der Waals surface area contributed by atoms with Gasteiger partial charge in [-0.2, -0.15) is 9.97 Å². The van der Waals surface area contributed by atoms with E-state index in [4.69, 9.17) is 38.6 Å². The maximum absolute atomic E-state index is 18.2. The number of anilines is 1. The summed E-state index contributed by atoms with van der Waals surface area (Å²) in [5, 5.41) is 1.21. The minimum absolute atomic E-state index is 0.0636. The third kappa shape index (κ3) is 8.34. The van der Waals surface area contributed by atoms with Crippen LogP contribution in [0.25, 0.3) is 32.9 Å². The summed E-state index contributed by atoms with van der Waals surface area (Å²) in [4.78, 5) is 34.8. The van der Waals surface area contributed by atoms with E-state index in [1.165, 1.54) is 13.2 Å². The number of methoxy groups -OCH3 is 1. The Kier molecular flexibility index (Phi) is 12.6. The normalized spacial score (nSPS) is 23.9. The molecule has 0 radical (unpaired) electrons. The van der Waals surface area contributed by atoms with E-state index in [9.17, 15) is 9.18 Å². The lowest BCUT2D eigenvalue weighted by molar-refractivity contribution is 0.00635. The first-order chi connectivity index (χ1) is 31.9. The van der Waals surface area contributed by atoms with Crippen LogP contribution < -0.4 is 19.1 Å². The van der Waals surface area contributed by atoms with E-state index < -0.39 is 37.0 Å². The highest BCUT2D eigenvalue weighted by Gasteiger charge is 2.52. The van der Waals surface area contributed by atoms with Gasteiger partial charge >= 0.3 is 12.1 Å². The SMILES string of the molecule is COCOc1cc(-c2nc3c4c(nc(OC[C@@]56CCCN5C[C@H](F)C6)nc4c2F)N2C[C@H]4CC[C@@H]([C@@H]2CCO3)N4C(=O)OC(C)(C)C)c2c(C#C[Si](C(C)C)(C(C)C)C(C)C)c(F)ccc2c1. The molecule has 5 aliphatic heterocycles. The molecule has 16 heteroatoms. The largest absolute Gasteiger partial charge is 0.477 e. The maximum Gasteiger partial charge on any atom is 0.410 e. The van der Waals surface area contributed by atoms with Gasteiger partial charge in [0.2, 0.25) is 5.88 Å². The first kappa shape index (κ1) is 47.2. The number of benzene rings is 2. The summed E-state index contributed by atoms with van der Waals surface area (Å²) in [6.07, 6.45) is 2.65. The van der Waals surface area contributed by atoms with E-state index in [1.807, 2.05) is 25.7 Å². The first-order valence-corrected chi connectivity index (χ1v) is 26.3. The number of halogens is 3. The van der Waals surface area contributed by atoms with Gasteiger partial charge < -0.3 is 28.6 Å². The van der Waals surface area contributed by atoms with Crippen LogP contribution in [0.3, 0.4) is 0 Å². The fourth-order valence-corrected chi connectivity index (χ4v) is 17.6. The standard InChI is InChI=1S/C51H65F3N6O6Si/c1-29(2)67(30(3)4,31(5)6)21-17-36-38(53)14-12-32-22-35(65-28-62-10)23-37(41(32)36)44-43(54)45-42-46(57-48(56-45)64-27-51-18-11-19-58(51)25-33(52)24-51)59-26-34-13-15-40(39(59)16-20-63-47(42)55-44)60(34)49(61)66-50(7,8)9/h12,14,22-23,29-31,33-34,39-40H,11,13,15-16,18-20,24-28H2,1-10H3/t33-,34-,39+,40+,51+/m1/s1. The van der Waals surface area contributed by atoms with Crippen molar-refractivity contribution >= 4 is 41.7 Å². The van der Waals surface area contributed by atoms with E-state index in [0.29, 0.717) is 48.3 Å². The number of amides is 1. The number of hydrogen-bond donors (Lipinski definition) is 0. The van der Waals surface area contributed by atoms with Gasteiger partial charge in [0.15, 0.2) is 12.6 Å². The summed E-state index contributed by atoms with van der Waals surface area (Å²) in [6, 6.07) is 5.68. The summed E-state index contributed by atoms with van der Waals surface area (Å²) < 4.78 is 80.0. The minimum atomic E-state index is -2.36. The Bertz CT molecular complexity index is 2610. The molecule has 67 heavy (non-hydrogen) atoms. The zero-order chi connectivity index (χ0) is 47.7. The molecule has 5 aliphatic rings. The average Bonchev–Trinajstić information content (AvgIpc) is 3.91. The minimum Gasteiger partial charge on any atom is -0.477 e. The molecule has 5 atom stereocenters. The zero-order valence-electron chi connectivity index (χ0n) is 40.6. The molecule has 2 bridgehead atoms. The van der Waals surface area contributed by atoms with Gasteiger partial charge in [-0.25, -0.2) is 22.9 Å². The Morgan fingerprint density at radius 3 is 2.45 bits per heavy atom. The molecule has 9 rings (SSSR count). The number of fused-ring (bicyclic) bond motifs is 7. The lowest BCUT2D eigenvalue weighted by atomic mass is 9.95. The predicted octanol–water partition coefficient (Wildman–Crippen LogP) is 10.4. The smallest absolute Gasteiger partial charge is 0.410 e. The van der Waals surface area contributed by atoms with Crippen molar-refractivity contribution in [2.75, 3.05) is 51.7 Å². The quantitative estimate of drug-likeness (QED) is 0.0861. The van der Waals surface area contributed by atoms with Gasteiger partial charge in [0, 0.05) is 44.0 Å². The number of carbonyl (C=O) groups is 1. The molecule has 7 heterocycles. The van der Waals surface area contributed by atoms with Gasteiger partial charge in [-0.05, 0) is 93.2 Å². The second-order valence-corrected chi connectivity index (χ2v) is 26.8. The number of ether oxygens (including phenoxy) is 5. The Morgan fingerprint density at radius 2 is 1.73 bits per heavy atom. The average molecular weight is 943 g/mol. The lowest BCUT2D eigenvalue weighted by Gasteiger charge is -2.48. The third-order valence-corrected chi connectivity index (χ3v) is 21.5. The summed E-state index contributed by atoms with van der Waals surface area (Å²) in [5.74, 6) is 2.86. The van der Waals surface area contributed by atoms with Crippen LogP contribution >= 0.6 is 0 Å². The van der Waals surface area contributed by atoms with Crippen molar-refractivity contribution in [3.8, 4) is 40.4 Å². The molecule has 12 nitrogen and oxygen atoms in total. The fraction of sp³-hybridized carbons (Fsp3) is 0.608. The van der Waals surface area contributed by atoms with Crippen molar-refractivity contribution < 1.29 is 41.7 Å². The number of aromatic nitrogens is 3. The molecular formula is C51H65F3N6O6Si. The summed E-state index contributed by atoms with van der Waals surface area (Å²) >= 11 is 0. The van der Waals surface area contributed by atoms with Crippen LogP contribution in [-0.2, 0) is 9.47 Å². The lowest BCUT2D eigenvalue weighted by Crippen LogP contribution is -2.62. The predicted molar refractivity (Wildman–Crippen MR) is 255 cm³/mol. The van der Waals surface area contributed by atoms with Gasteiger partial charge in [0.25, 0.3) is 0 Å². The molecule has 0 unspecified atom stereocenters. The molecule has 0 saturated carbocycles. The second-order valence-electron chi connectivity index (χ2n) is 21.2. The number of pyridine rings is 1. The molecule has 0 aliphatic carbocycles. The Hall–Kier alpha value is -4.85. The molecule has 4 fully saturated rings. The van der Waals surface area contributed by atoms with E-state index >= 15 is 8.78 Å². The summed E-state index contributed by atoms with van der Waals surface area (Å²) in [7, 11) is -0.853. The number of alkyl halides is 1. The van der Waals surface area contributed by atoms with E-state index in [0.717, 1.165) is 32.2 Å². The molecule has 0 spiro atoms. The fourth-order valence-electron chi connectivity index (χ4n) is 12.3. The highest BCUT2D eigenvalue weighted by Crippen LogP contribution is 2.48. The number of piperazine rings is 1. The number of nitrogens with zero attached hydrogens (tertiary/aromatic N) is 6. The molecular weight excluding hydrogens is 878 g/mol. The van der Waals surface area contributed by atoms with Crippen molar-refractivity contribution in [2.45, 2.75) is 153 Å². The van der Waals surface area contributed by atoms with Crippen LogP contribution in [0, 0.1) is 23.1 Å². The Labute approximate surface area is 393 Å². The molecule has 0 N–H and O–H groups in total. The van der Waals surface area contributed by atoms with Crippen molar-refractivity contribution in [3.05, 3.63) is 41.5 Å². The van der Waals surface area contributed by atoms with Crippen molar-refractivity contribution in [1.29, 1.82) is 0 Å². The van der Waals surface area contributed by atoms with Crippen molar-refractivity contribution in [3.63, 3.8) is 0 Å². The number of carbonyl (C=O) groups excluding carboxylic acids is 1. The van der Waals surface area contributed by atoms with Crippen LogP contribution in [-0.4, -0.2) is 121 Å². The Morgan fingerprint density at radius 1 is 0.970 bits per heavy atom. The first-order valence-electron chi connectivity index (χ1n) is 24.1. The highest BCUT2D eigenvalue weighted by atomic mass is 28.3. The van der Waals surface area contributed by atoms with Crippen molar-refractivity contribution in [2.24, 2.45) is 0 Å². The van der Waals surface area contributed by atoms with Gasteiger partial charge in [0.05, 0.1) is 35.8 Å². The number of hydrogen-bond acceptors (Lipinski definition) is 11. The second kappa shape index (κ2) is 17.9. The van der Waals surface area contributed by atoms with Crippen LogP contribution in [0.1, 0.15) is 106 Å².